The number of nitrogens with one attached hydrogen (secondary N) is 1. The Bertz CT molecular complexity index is 307. The van der Waals surface area contributed by atoms with Gasteiger partial charge < -0.3 is 4.74 Å². The van der Waals surface area contributed by atoms with Gasteiger partial charge in [-0.25, -0.2) is 0 Å². The maximum absolute atomic E-state index is 10.8. The molecule has 0 saturated heterocycles. The molecule has 1 radical (unpaired) electrons. The van der Waals surface area contributed by atoms with Crippen molar-refractivity contribution in [3.63, 3.8) is 0 Å². The van der Waals surface area contributed by atoms with E-state index in [1.54, 1.807) is 17.5 Å². The first-order valence-corrected chi connectivity index (χ1v) is 4.45. The van der Waals surface area contributed by atoms with Crippen molar-refractivity contribution in [1.82, 2.24) is 5.73 Å². The number of hydrogen-bond acceptors (Lipinski definition) is 4. The van der Waals surface area contributed by atoms with Crippen LogP contribution < -0.4 is 5.73 Å². The molecule has 0 aliphatic rings. The number of amides is 1. The van der Waals surface area contributed by atoms with E-state index in [-0.39, 0.29) is 0 Å². The van der Waals surface area contributed by atoms with E-state index in [2.05, 4.69) is 0 Å². The van der Waals surface area contributed by atoms with Gasteiger partial charge in [-0.2, -0.15) is 0 Å². The van der Waals surface area contributed by atoms with Crippen LogP contribution in [0.5, 0.6) is 0 Å². The Hall–Kier alpha value is -1.36. The first-order valence-electron chi connectivity index (χ1n) is 3.57. The second-order valence-electron chi connectivity index (χ2n) is 2.37. The minimum Gasteiger partial charge on any atom is -0.447 e. The fraction of sp³-hybridized carbons (Fsp3) is 0.250. The number of esters is 1. The largest absolute Gasteiger partial charge is 0.447 e. The summed E-state index contributed by atoms with van der Waals surface area (Å²) in [7, 11) is 0. The van der Waals surface area contributed by atoms with Gasteiger partial charge in [-0.15, -0.1) is 11.3 Å². The Morgan fingerprint density at radius 3 is 2.69 bits per heavy atom. The van der Waals surface area contributed by atoms with E-state index in [4.69, 9.17) is 10.5 Å². The summed E-state index contributed by atoms with van der Waals surface area (Å²) in [5.41, 5.74) is 6.90. The van der Waals surface area contributed by atoms with Crippen LogP contribution in [0.15, 0.2) is 17.5 Å². The highest BCUT2D eigenvalue weighted by Crippen LogP contribution is 2.22. The Labute approximate surface area is 79.3 Å². The van der Waals surface area contributed by atoms with Crippen molar-refractivity contribution < 1.29 is 14.3 Å². The second kappa shape index (κ2) is 4.04. The maximum atomic E-state index is 10.8. The third-order valence-corrected chi connectivity index (χ3v) is 2.24. The van der Waals surface area contributed by atoms with E-state index in [9.17, 15) is 9.59 Å². The molecule has 1 rings (SSSR count). The predicted molar refractivity (Wildman–Crippen MR) is 46.9 cm³/mol. The van der Waals surface area contributed by atoms with Gasteiger partial charge in [0.2, 0.25) is 6.10 Å². The third-order valence-electron chi connectivity index (χ3n) is 1.32. The quantitative estimate of drug-likeness (QED) is 0.684. The lowest BCUT2D eigenvalue weighted by Crippen LogP contribution is -2.17. The van der Waals surface area contributed by atoms with E-state index < -0.39 is 18.0 Å². The number of carbonyl (C=O) groups excluding carboxylic acids is 2. The summed E-state index contributed by atoms with van der Waals surface area (Å²) in [6.45, 7) is 1.21. The molecule has 1 amide bonds. The second-order valence-corrected chi connectivity index (χ2v) is 3.35. The smallest absolute Gasteiger partial charge is 0.303 e. The van der Waals surface area contributed by atoms with Crippen LogP contribution in [-0.2, 0) is 14.3 Å². The highest BCUT2D eigenvalue weighted by molar-refractivity contribution is 7.10. The first kappa shape index (κ1) is 9.73. The van der Waals surface area contributed by atoms with Crippen LogP contribution in [0, 0.1) is 0 Å². The maximum Gasteiger partial charge on any atom is 0.303 e. The fourth-order valence-electron chi connectivity index (χ4n) is 0.847. The summed E-state index contributed by atoms with van der Waals surface area (Å²) in [5.74, 6) is -1.46. The monoisotopic (exact) mass is 198 g/mol. The summed E-state index contributed by atoms with van der Waals surface area (Å²) in [4.78, 5) is 22.0. The summed E-state index contributed by atoms with van der Waals surface area (Å²) in [6, 6.07) is 3.39. The van der Waals surface area contributed by atoms with Crippen molar-refractivity contribution in [2.24, 2.45) is 0 Å². The zero-order valence-corrected chi connectivity index (χ0v) is 7.76. The zero-order chi connectivity index (χ0) is 9.84. The molecule has 1 heterocycles. The van der Waals surface area contributed by atoms with E-state index in [1.165, 1.54) is 18.3 Å². The van der Waals surface area contributed by atoms with Crippen LogP contribution in [0.25, 0.3) is 0 Å². The van der Waals surface area contributed by atoms with Crippen LogP contribution in [0.2, 0.25) is 0 Å². The summed E-state index contributed by atoms with van der Waals surface area (Å²) in [5, 5.41) is 1.76. The fourth-order valence-corrected chi connectivity index (χ4v) is 1.60. The first-order chi connectivity index (χ1) is 6.11. The molecule has 1 N–H and O–H groups in total. The Morgan fingerprint density at radius 1 is 1.62 bits per heavy atom. The highest BCUT2D eigenvalue weighted by atomic mass is 32.1. The molecule has 0 spiro atoms. The lowest BCUT2D eigenvalue weighted by Gasteiger charge is -2.09. The number of hydrogen-bond donors (Lipinski definition) is 0. The molecule has 0 bridgehead atoms. The van der Waals surface area contributed by atoms with Crippen molar-refractivity contribution in [3.8, 4) is 0 Å². The van der Waals surface area contributed by atoms with Gasteiger partial charge in [-0.1, -0.05) is 6.07 Å². The molecule has 1 aromatic heterocycles. The molecule has 1 unspecified atom stereocenters. The zero-order valence-electron chi connectivity index (χ0n) is 6.94. The van der Waals surface area contributed by atoms with E-state index in [0.717, 1.165) is 0 Å². The number of thiophene rings is 1. The Morgan fingerprint density at radius 2 is 2.31 bits per heavy atom. The minimum atomic E-state index is -1.06. The third kappa shape index (κ3) is 2.55. The topological polar surface area (TPSA) is 67.2 Å². The molecular weight excluding hydrogens is 190 g/mol. The van der Waals surface area contributed by atoms with Gasteiger partial charge in [-0.05, 0) is 11.4 Å². The molecule has 69 valence electrons. The van der Waals surface area contributed by atoms with Crippen LogP contribution in [0.3, 0.4) is 0 Å². The van der Waals surface area contributed by atoms with Crippen molar-refractivity contribution in [2.45, 2.75) is 13.0 Å². The SMILES string of the molecule is CC(=O)OC(C([NH])=O)c1cccs1. The van der Waals surface area contributed by atoms with E-state index in [0.29, 0.717) is 4.88 Å². The summed E-state index contributed by atoms with van der Waals surface area (Å²) < 4.78 is 4.69. The van der Waals surface area contributed by atoms with Gasteiger partial charge >= 0.3 is 5.97 Å². The lowest BCUT2D eigenvalue weighted by molar-refractivity contribution is -0.153. The molecule has 13 heavy (non-hydrogen) atoms. The standard InChI is InChI=1S/C8H8NO3S/c1-5(10)12-7(8(9)11)6-3-2-4-13-6/h2-4,7,9H,1H3. The molecule has 0 aliphatic heterocycles. The van der Waals surface area contributed by atoms with Gasteiger partial charge in [0.25, 0.3) is 5.91 Å². The molecular formula is C8H8NO3S. The minimum absolute atomic E-state index is 0.556. The molecule has 0 aliphatic carbocycles. The van der Waals surface area contributed by atoms with E-state index in [1.807, 2.05) is 0 Å². The van der Waals surface area contributed by atoms with Gasteiger partial charge in [0.05, 0.1) is 4.88 Å². The average Bonchev–Trinajstić information content (AvgIpc) is 2.50. The molecule has 1 aromatic rings. The van der Waals surface area contributed by atoms with Crippen molar-refractivity contribution in [2.75, 3.05) is 0 Å². The average molecular weight is 198 g/mol. The van der Waals surface area contributed by atoms with Crippen molar-refractivity contribution in [3.05, 3.63) is 22.4 Å². The van der Waals surface area contributed by atoms with Gasteiger partial charge in [0, 0.05) is 6.92 Å². The van der Waals surface area contributed by atoms with Crippen molar-refractivity contribution in [1.29, 1.82) is 0 Å². The number of rotatable bonds is 3. The molecule has 1 atom stereocenters. The lowest BCUT2D eigenvalue weighted by atomic mass is 10.3. The number of ether oxygens (including phenoxy) is 1. The molecule has 0 aromatic carbocycles. The van der Waals surface area contributed by atoms with Crippen molar-refractivity contribution >= 4 is 23.2 Å². The van der Waals surface area contributed by atoms with Gasteiger partial charge in [-0.3, -0.25) is 15.3 Å². The van der Waals surface area contributed by atoms with Crippen LogP contribution in [0.1, 0.15) is 17.9 Å². The van der Waals surface area contributed by atoms with Crippen LogP contribution in [0.4, 0.5) is 0 Å². The van der Waals surface area contributed by atoms with Crippen LogP contribution in [-0.4, -0.2) is 11.9 Å². The van der Waals surface area contributed by atoms with Crippen LogP contribution >= 0.6 is 11.3 Å². The van der Waals surface area contributed by atoms with Gasteiger partial charge in [0.15, 0.2) is 0 Å². The Balaban J connectivity index is 2.81. The normalized spacial score (nSPS) is 12.1. The molecule has 0 fully saturated rings. The number of carbonyl (C=O) groups is 2. The van der Waals surface area contributed by atoms with E-state index >= 15 is 0 Å². The summed E-state index contributed by atoms with van der Waals surface area (Å²) in [6.07, 6.45) is -1.06. The highest BCUT2D eigenvalue weighted by Gasteiger charge is 2.22. The predicted octanol–water partition coefficient (Wildman–Crippen LogP) is 1.16. The molecule has 4 nitrogen and oxygen atoms in total. The van der Waals surface area contributed by atoms with Gasteiger partial charge in [0.1, 0.15) is 0 Å². The molecule has 5 heteroatoms. The summed E-state index contributed by atoms with van der Waals surface area (Å²) >= 11 is 1.28. The Kier molecular flexibility index (Phi) is 3.02. The molecule has 0 saturated carbocycles.